The highest BCUT2D eigenvalue weighted by Gasteiger charge is 2.29. The number of para-hydroxylation sites is 1. The van der Waals surface area contributed by atoms with Gasteiger partial charge in [-0.25, -0.2) is 13.8 Å². The number of nitrogens with zero attached hydrogens (tertiary/aromatic N) is 2. The minimum atomic E-state index is -3.74. The van der Waals surface area contributed by atoms with Crippen LogP contribution in [-0.4, -0.2) is 44.6 Å². The Morgan fingerprint density at radius 3 is 2.32 bits per heavy atom. The molecule has 1 amide bonds. The lowest BCUT2D eigenvalue weighted by Gasteiger charge is -2.27. The summed E-state index contributed by atoms with van der Waals surface area (Å²) in [7, 11) is -2.23. The number of hydrogen-bond acceptors (Lipinski definition) is 6. The van der Waals surface area contributed by atoms with Crippen LogP contribution in [0, 0.1) is 0 Å². The summed E-state index contributed by atoms with van der Waals surface area (Å²) in [5.41, 5.74) is 3.53. The summed E-state index contributed by atoms with van der Waals surface area (Å²) in [6, 6.07) is 11.8. The molecule has 0 heterocycles. The van der Waals surface area contributed by atoms with Crippen LogP contribution >= 0.6 is 0 Å². The molecule has 0 unspecified atom stereocenters. The van der Waals surface area contributed by atoms with E-state index in [9.17, 15) is 18.3 Å². The maximum absolute atomic E-state index is 12.5. The van der Waals surface area contributed by atoms with Gasteiger partial charge < -0.3 is 9.84 Å². The zero-order chi connectivity index (χ0) is 20.9. The SMILES string of the molecule is COc1ccc(N([C@@H](C)C(=O)N/N=C(/C)c2ccccc2O)S(C)(=O)=O)cc1. The van der Waals surface area contributed by atoms with Crippen molar-refractivity contribution in [1.82, 2.24) is 5.43 Å². The van der Waals surface area contributed by atoms with Crippen LogP contribution in [0.5, 0.6) is 11.5 Å². The molecule has 28 heavy (non-hydrogen) atoms. The molecule has 0 saturated heterocycles. The van der Waals surface area contributed by atoms with Crippen LogP contribution in [-0.2, 0) is 14.8 Å². The Hall–Kier alpha value is -3.07. The minimum Gasteiger partial charge on any atom is -0.507 e. The Morgan fingerprint density at radius 1 is 1.18 bits per heavy atom. The Morgan fingerprint density at radius 2 is 1.79 bits per heavy atom. The van der Waals surface area contributed by atoms with E-state index in [-0.39, 0.29) is 5.75 Å². The first-order valence-electron chi connectivity index (χ1n) is 8.41. The molecule has 8 nitrogen and oxygen atoms in total. The van der Waals surface area contributed by atoms with Crippen molar-refractivity contribution in [2.45, 2.75) is 19.9 Å². The molecule has 2 aromatic carbocycles. The summed E-state index contributed by atoms with van der Waals surface area (Å²) in [6.07, 6.45) is 1.03. The molecule has 0 aromatic heterocycles. The molecule has 2 N–H and O–H groups in total. The Labute approximate surface area is 164 Å². The van der Waals surface area contributed by atoms with Gasteiger partial charge in [-0.3, -0.25) is 9.10 Å². The zero-order valence-electron chi connectivity index (χ0n) is 16.1. The molecule has 0 spiro atoms. The highest BCUT2D eigenvalue weighted by molar-refractivity contribution is 7.92. The van der Waals surface area contributed by atoms with Crippen LogP contribution in [0.1, 0.15) is 19.4 Å². The lowest BCUT2D eigenvalue weighted by Crippen LogP contribution is -2.46. The smallest absolute Gasteiger partial charge is 0.263 e. The second-order valence-corrected chi connectivity index (χ2v) is 7.98. The van der Waals surface area contributed by atoms with E-state index >= 15 is 0 Å². The van der Waals surface area contributed by atoms with E-state index in [1.807, 2.05) is 0 Å². The topological polar surface area (TPSA) is 108 Å². The van der Waals surface area contributed by atoms with E-state index < -0.39 is 22.0 Å². The van der Waals surface area contributed by atoms with Gasteiger partial charge in [0, 0.05) is 5.56 Å². The summed E-state index contributed by atoms with van der Waals surface area (Å²) < 4.78 is 30.6. The summed E-state index contributed by atoms with van der Waals surface area (Å²) >= 11 is 0. The van der Waals surface area contributed by atoms with Gasteiger partial charge in [0.15, 0.2) is 0 Å². The molecule has 0 radical (unpaired) electrons. The molecule has 9 heteroatoms. The number of carbonyl (C=O) groups is 1. The maximum atomic E-state index is 12.5. The number of carbonyl (C=O) groups excluding carboxylic acids is 1. The van der Waals surface area contributed by atoms with Crippen LogP contribution in [0.25, 0.3) is 0 Å². The van der Waals surface area contributed by atoms with E-state index in [2.05, 4.69) is 10.5 Å². The predicted octanol–water partition coefficient (Wildman–Crippen LogP) is 2.10. The van der Waals surface area contributed by atoms with E-state index in [1.165, 1.54) is 20.1 Å². The average Bonchev–Trinajstić information content (AvgIpc) is 2.65. The number of aromatic hydroxyl groups is 1. The first-order valence-corrected chi connectivity index (χ1v) is 10.3. The van der Waals surface area contributed by atoms with E-state index in [1.54, 1.807) is 49.4 Å². The van der Waals surface area contributed by atoms with E-state index in [0.29, 0.717) is 22.7 Å². The highest BCUT2D eigenvalue weighted by Crippen LogP contribution is 2.24. The second-order valence-electron chi connectivity index (χ2n) is 6.12. The second kappa shape index (κ2) is 8.75. The predicted molar refractivity (Wildman–Crippen MR) is 108 cm³/mol. The van der Waals surface area contributed by atoms with Gasteiger partial charge >= 0.3 is 0 Å². The molecular formula is C19H23N3O5S. The number of ether oxygens (including phenoxy) is 1. The van der Waals surface area contributed by atoms with Crippen molar-refractivity contribution < 1.29 is 23.1 Å². The Bertz CT molecular complexity index is 971. The summed E-state index contributed by atoms with van der Waals surface area (Å²) in [4.78, 5) is 12.5. The molecule has 150 valence electrons. The number of benzene rings is 2. The van der Waals surface area contributed by atoms with Crippen molar-refractivity contribution in [2.24, 2.45) is 5.10 Å². The first kappa shape index (κ1) is 21.2. The fourth-order valence-electron chi connectivity index (χ4n) is 2.61. The molecule has 0 aliphatic heterocycles. The third-order valence-electron chi connectivity index (χ3n) is 4.04. The monoisotopic (exact) mass is 405 g/mol. The van der Waals surface area contributed by atoms with Crippen molar-refractivity contribution in [3.8, 4) is 11.5 Å². The van der Waals surface area contributed by atoms with Crippen LogP contribution in [0.15, 0.2) is 53.6 Å². The number of anilines is 1. The van der Waals surface area contributed by atoms with Crippen LogP contribution in [0.2, 0.25) is 0 Å². The van der Waals surface area contributed by atoms with E-state index in [0.717, 1.165) is 10.6 Å². The lowest BCUT2D eigenvalue weighted by atomic mass is 10.1. The third kappa shape index (κ3) is 5.01. The largest absolute Gasteiger partial charge is 0.507 e. The van der Waals surface area contributed by atoms with Gasteiger partial charge in [0.1, 0.15) is 17.5 Å². The van der Waals surface area contributed by atoms with Gasteiger partial charge in [-0.05, 0) is 50.2 Å². The zero-order valence-corrected chi connectivity index (χ0v) is 16.9. The van der Waals surface area contributed by atoms with Gasteiger partial charge in [-0.2, -0.15) is 5.10 Å². The molecule has 0 bridgehead atoms. The Balaban J connectivity index is 2.24. The normalized spacial score (nSPS) is 12.9. The van der Waals surface area contributed by atoms with Crippen molar-refractivity contribution in [2.75, 3.05) is 17.7 Å². The number of sulfonamides is 1. The number of methoxy groups -OCH3 is 1. The highest BCUT2D eigenvalue weighted by atomic mass is 32.2. The van der Waals surface area contributed by atoms with Gasteiger partial charge in [-0.15, -0.1) is 0 Å². The quantitative estimate of drug-likeness (QED) is 0.542. The molecule has 0 aliphatic carbocycles. The summed E-state index contributed by atoms with van der Waals surface area (Å²) in [5, 5.41) is 13.8. The Kier molecular flexibility index (Phi) is 6.63. The molecule has 2 rings (SSSR count). The van der Waals surface area contributed by atoms with Gasteiger partial charge in [0.25, 0.3) is 5.91 Å². The van der Waals surface area contributed by atoms with Crippen LogP contribution in [0.4, 0.5) is 5.69 Å². The average molecular weight is 405 g/mol. The molecule has 0 saturated carbocycles. The molecule has 0 aliphatic rings. The number of phenols is 1. The third-order valence-corrected chi connectivity index (χ3v) is 5.28. The fourth-order valence-corrected chi connectivity index (χ4v) is 3.78. The van der Waals surface area contributed by atoms with E-state index in [4.69, 9.17) is 4.74 Å². The maximum Gasteiger partial charge on any atom is 0.263 e. The number of hydrazone groups is 1. The number of rotatable bonds is 7. The minimum absolute atomic E-state index is 0.0297. The molecule has 1 atom stereocenters. The van der Waals surface area contributed by atoms with Crippen LogP contribution < -0.4 is 14.5 Å². The van der Waals surface area contributed by atoms with Gasteiger partial charge in [-0.1, -0.05) is 12.1 Å². The number of amides is 1. The summed E-state index contributed by atoms with van der Waals surface area (Å²) in [5.74, 6) is -0.0183. The number of nitrogens with one attached hydrogen (secondary N) is 1. The van der Waals surface area contributed by atoms with Crippen molar-refractivity contribution in [1.29, 1.82) is 0 Å². The van der Waals surface area contributed by atoms with Gasteiger partial charge in [0.2, 0.25) is 10.0 Å². The first-order chi connectivity index (χ1) is 13.1. The van der Waals surface area contributed by atoms with Crippen molar-refractivity contribution >= 4 is 27.3 Å². The van der Waals surface area contributed by atoms with Crippen LogP contribution in [0.3, 0.4) is 0 Å². The molecular weight excluding hydrogens is 382 g/mol. The molecule has 0 fully saturated rings. The lowest BCUT2D eigenvalue weighted by molar-refractivity contribution is -0.121. The van der Waals surface area contributed by atoms with Gasteiger partial charge in [0.05, 0.1) is 24.8 Å². The summed E-state index contributed by atoms with van der Waals surface area (Å²) in [6.45, 7) is 3.09. The van der Waals surface area contributed by atoms with Crippen molar-refractivity contribution in [3.05, 3.63) is 54.1 Å². The van der Waals surface area contributed by atoms with Crippen molar-refractivity contribution in [3.63, 3.8) is 0 Å². The number of phenolic OH excluding ortho intramolecular Hbond substituents is 1. The standard InChI is InChI=1S/C19H23N3O5S/c1-13(17-7-5-6-8-18(17)23)20-21-19(24)14(2)22(28(4,25)26)15-9-11-16(27-3)12-10-15/h5-12,14,23H,1-4H3,(H,21,24)/b20-13-/t14-/m0/s1. The number of hydrogen-bond donors (Lipinski definition) is 2. The molecule has 2 aromatic rings. The fraction of sp³-hybridized carbons (Fsp3) is 0.263.